The standard InChI is InChI=1S/C18H14BrClN4O2/c19-14-3-1-2-12(8-14)11-24-7-6-16(23-24)18(26)22-21-10-13-9-15(20)4-5-17(13)25/h1-10,25H,11H2,(H,22,26)/b21-10-. The molecule has 26 heavy (non-hydrogen) atoms. The third-order valence-corrected chi connectivity index (χ3v) is 4.19. The van der Waals surface area contributed by atoms with E-state index in [1.54, 1.807) is 29.1 Å². The van der Waals surface area contributed by atoms with E-state index in [-0.39, 0.29) is 11.4 Å². The number of nitrogens with one attached hydrogen (secondary N) is 1. The smallest absolute Gasteiger partial charge is 0.291 e. The van der Waals surface area contributed by atoms with Crippen molar-refractivity contribution >= 4 is 39.7 Å². The highest BCUT2D eigenvalue weighted by Gasteiger charge is 2.09. The number of halogens is 2. The summed E-state index contributed by atoms with van der Waals surface area (Å²) in [4.78, 5) is 12.1. The van der Waals surface area contributed by atoms with Gasteiger partial charge < -0.3 is 5.11 Å². The van der Waals surface area contributed by atoms with Crippen LogP contribution < -0.4 is 5.43 Å². The minimum atomic E-state index is -0.448. The largest absolute Gasteiger partial charge is 0.507 e. The second kappa shape index (κ2) is 8.16. The summed E-state index contributed by atoms with van der Waals surface area (Å²) in [5, 5.41) is 18.2. The average molecular weight is 434 g/mol. The van der Waals surface area contributed by atoms with Crippen molar-refractivity contribution in [2.75, 3.05) is 0 Å². The van der Waals surface area contributed by atoms with E-state index < -0.39 is 5.91 Å². The van der Waals surface area contributed by atoms with E-state index in [2.05, 4.69) is 31.6 Å². The molecule has 0 unspecified atom stereocenters. The molecule has 0 aliphatic heterocycles. The lowest BCUT2D eigenvalue weighted by Crippen LogP contribution is -2.18. The van der Waals surface area contributed by atoms with E-state index in [1.165, 1.54) is 12.3 Å². The Morgan fingerprint density at radius 3 is 2.96 bits per heavy atom. The molecule has 0 fully saturated rings. The van der Waals surface area contributed by atoms with Gasteiger partial charge in [-0.3, -0.25) is 9.48 Å². The van der Waals surface area contributed by atoms with Crippen LogP contribution in [-0.2, 0) is 6.54 Å². The molecule has 8 heteroatoms. The maximum absolute atomic E-state index is 12.1. The number of aromatic hydroxyl groups is 1. The van der Waals surface area contributed by atoms with Crippen molar-refractivity contribution in [1.82, 2.24) is 15.2 Å². The molecule has 2 N–H and O–H groups in total. The van der Waals surface area contributed by atoms with Crippen molar-refractivity contribution in [3.63, 3.8) is 0 Å². The first-order valence-electron chi connectivity index (χ1n) is 7.61. The number of hydrogen-bond donors (Lipinski definition) is 2. The molecule has 0 radical (unpaired) electrons. The van der Waals surface area contributed by atoms with Crippen molar-refractivity contribution in [2.45, 2.75) is 6.54 Å². The van der Waals surface area contributed by atoms with Crippen molar-refractivity contribution in [1.29, 1.82) is 0 Å². The van der Waals surface area contributed by atoms with Gasteiger partial charge in [-0.05, 0) is 42.0 Å². The number of hydrogen-bond acceptors (Lipinski definition) is 4. The van der Waals surface area contributed by atoms with Gasteiger partial charge in [0.05, 0.1) is 12.8 Å². The SMILES string of the molecule is O=C(N/N=C\c1cc(Cl)ccc1O)c1ccn(Cc2cccc(Br)c2)n1. The minimum Gasteiger partial charge on any atom is -0.507 e. The summed E-state index contributed by atoms with van der Waals surface area (Å²) in [7, 11) is 0. The van der Waals surface area contributed by atoms with Gasteiger partial charge in [0.1, 0.15) is 5.75 Å². The molecule has 2 aromatic carbocycles. The Labute approximate surface area is 163 Å². The number of aromatic nitrogens is 2. The van der Waals surface area contributed by atoms with E-state index in [4.69, 9.17) is 11.6 Å². The van der Waals surface area contributed by atoms with Crippen LogP contribution >= 0.6 is 27.5 Å². The highest BCUT2D eigenvalue weighted by atomic mass is 79.9. The fraction of sp³-hybridized carbons (Fsp3) is 0.0556. The van der Waals surface area contributed by atoms with Gasteiger partial charge in [0.2, 0.25) is 0 Å². The van der Waals surface area contributed by atoms with E-state index in [9.17, 15) is 9.90 Å². The number of amides is 1. The van der Waals surface area contributed by atoms with Gasteiger partial charge in [0.25, 0.3) is 5.91 Å². The number of rotatable bonds is 5. The fourth-order valence-corrected chi connectivity index (χ4v) is 2.87. The molecule has 1 heterocycles. The first kappa shape index (κ1) is 18.2. The number of hydrazone groups is 1. The van der Waals surface area contributed by atoms with Crippen molar-refractivity contribution in [3.8, 4) is 5.75 Å². The maximum atomic E-state index is 12.1. The Morgan fingerprint density at radius 1 is 1.31 bits per heavy atom. The predicted molar refractivity (Wildman–Crippen MR) is 104 cm³/mol. The fourth-order valence-electron chi connectivity index (χ4n) is 2.24. The molecule has 0 bridgehead atoms. The van der Waals surface area contributed by atoms with Gasteiger partial charge in [-0.25, -0.2) is 5.43 Å². The first-order valence-corrected chi connectivity index (χ1v) is 8.78. The summed E-state index contributed by atoms with van der Waals surface area (Å²) in [5.41, 5.74) is 4.08. The van der Waals surface area contributed by atoms with Gasteiger partial charge >= 0.3 is 0 Å². The third kappa shape index (κ3) is 4.71. The van der Waals surface area contributed by atoms with Crippen LogP contribution in [0.25, 0.3) is 0 Å². The van der Waals surface area contributed by atoms with E-state index >= 15 is 0 Å². The van der Waals surface area contributed by atoms with Crippen LogP contribution in [0, 0.1) is 0 Å². The zero-order valence-corrected chi connectivity index (χ0v) is 15.8. The number of nitrogens with zero attached hydrogens (tertiary/aromatic N) is 3. The molecule has 0 atom stereocenters. The molecular weight excluding hydrogens is 420 g/mol. The molecule has 0 aliphatic carbocycles. The second-order valence-electron chi connectivity index (χ2n) is 5.43. The quantitative estimate of drug-likeness (QED) is 0.474. The summed E-state index contributed by atoms with van der Waals surface area (Å²) < 4.78 is 2.65. The molecule has 0 saturated heterocycles. The van der Waals surface area contributed by atoms with Crippen LogP contribution in [-0.4, -0.2) is 27.0 Å². The van der Waals surface area contributed by atoms with Crippen LogP contribution in [0.2, 0.25) is 5.02 Å². The maximum Gasteiger partial charge on any atom is 0.291 e. The van der Waals surface area contributed by atoms with Gasteiger partial charge in [0.15, 0.2) is 5.69 Å². The monoisotopic (exact) mass is 432 g/mol. The number of benzene rings is 2. The molecule has 132 valence electrons. The highest BCUT2D eigenvalue weighted by molar-refractivity contribution is 9.10. The van der Waals surface area contributed by atoms with Crippen molar-refractivity contribution in [2.24, 2.45) is 5.10 Å². The predicted octanol–water partition coefficient (Wildman–Crippen LogP) is 3.82. The number of phenolic OH excluding ortho intramolecular Hbond substituents is 1. The third-order valence-electron chi connectivity index (χ3n) is 3.47. The lowest BCUT2D eigenvalue weighted by molar-refractivity contribution is 0.0949. The number of carbonyl (C=O) groups is 1. The molecule has 3 aromatic rings. The number of phenols is 1. The van der Waals surface area contributed by atoms with Gasteiger partial charge in [-0.1, -0.05) is 39.7 Å². The normalized spacial score (nSPS) is 11.0. The van der Waals surface area contributed by atoms with Gasteiger partial charge in [-0.2, -0.15) is 10.2 Å². The van der Waals surface area contributed by atoms with E-state index in [0.717, 1.165) is 10.0 Å². The Balaban J connectivity index is 1.63. The Bertz CT molecular complexity index is 971. The number of carbonyl (C=O) groups excluding carboxylic acids is 1. The lowest BCUT2D eigenvalue weighted by atomic mass is 10.2. The Morgan fingerprint density at radius 2 is 2.15 bits per heavy atom. The Kier molecular flexibility index (Phi) is 5.70. The molecule has 0 saturated carbocycles. The second-order valence-corrected chi connectivity index (χ2v) is 6.78. The van der Waals surface area contributed by atoms with Crippen LogP contribution in [0.15, 0.2) is 64.3 Å². The summed E-state index contributed by atoms with van der Waals surface area (Å²) in [5.74, 6) is -0.429. The van der Waals surface area contributed by atoms with Gasteiger partial charge in [-0.15, -0.1) is 0 Å². The van der Waals surface area contributed by atoms with Crippen LogP contribution in [0.5, 0.6) is 5.75 Å². The first-order chi connectivity index (χ1) is 12.5. The minimum absolute atomic E-state index is 0.0192. The molecule has 6 nitrogen and oxygen atoms in total. The molecular formula is C18H14BrClN4O2. The summed E-state index contributed by atoms with van der Waals surface area (Å²) in [6.45, 7) is 0.548. The summed E-state index contributed by atoms with van der Waals surface area (Å²) >= 11 is 9.28. The summed E-state index contributed by atoms with van der Waals surface area (Å²) in [6.07, 6.45) is 3.04. The molecule has 0 spiro atoms. The molecule has 1 aromatic heterocycles. The van der Waals surface area contributed by atoms with E-state index in [0.29, 0.717) is 17.1 Å². The highest BCUT2D eigenvalue weighted by Crippen LogP contribution is 2.19. The summed E-state index contributed by atoms with van der Waals surface area (Å²) in [6, 6.07) is 14.0. The molecule has 1 amide bonds. The van der Waals surface area contributed by atoms with Crippen LogP contribution in [0.1, 0.15) is 21.6 Å². The molecule has 3 rings (SSSR count). The van der Waals surface area contributed by atoms with Crippen molar-refractivity contribution < 1.29 is 9.90 Å². The topological polar surface area (TPSA) is 79.5 Å². The zero-order valence-electron chi connectivity index (χ0n) is 13.4. The zero-order chi connectivity index (χ0) is 18.5. The van der Waals surface area contributed by atoms with Crippen molar-refractivity contribution in [3.05, 3.63) is 81.0 Å². The van der Waals surface area contributed by atoms with E-state index in [1.807, 2.05) is 24.3 Å². The Hall–Kier alpha value is -2.64. The van der Waals surface area contributed by atoms with Crippen LogP contribution in [0.3, 0.4) is 0 Å². The van der Waals surface area contributed by atoms with Gasteiger partial charge in [0, 0.05) is 21.3 Å². The molecule has 0 aliphatic rings. The van der Waals surface area contributed by atoms with Crippen LogP contribution in [0.4, 0.5) is 0 Å². The lowest BCUT2D eigenvalue weighted by Gasteiger charge is -2.02. The average Bonchev–Trinajstić information content (AvgIpc) is 3.06.